The second-order valence-corrected chi connectivity index (χ2v) is 8.43. The van der Waals surface area contributed by atoms with E-state index < -0.39 is 28.7 Å². The molecule has 1 amide bonds. The Morgan fingerprint density at radius 1 is 1.07 bits per heavy atom. The van der Waals surface area contributed by atoms with Crippen LogP contribution in [0.4, 0.5) is 18.9 Å². The Morgan fingerprint density at radius 2 is 1.72 bits per heavy atom. The lowest BCUT2D eigenvalue weighted by atomic mass is 10.2. The molecule has 0 unspecified atom stereocenters. The Kier molecular flexibility index (Phi) is 6.13. The molecule has 0 atom stereocenters. The third kappa shape index (κ3) is 5.27. The number of carbonyl (C=O) groups is 1. The van der Waals surface area contributed by atoms with Crippen LogP contribution in [0.25, 0.3) is 0 Å². The molecule has 0 saturated carbocycles. The number of halogens is 3. The predicted octanol–water partition coefficient (Wildman–Crippen LogP) is 3.66. The van der Waals surface area contributed by atoms with E-state index in [0.29, 0.717) is 13.1 Å². The van der Waals surface area contributed by atoms with Gasteiger partial charge in [-0.15, -0.1) is 0 Å². The zero-order chi connectivity index (χ0) is 21.1. The van der Waals surface area contributed by atoms with Gasteiger partial charge in [0.1, 0.15) is 5.75 Å². The molecule has 1 aliphatic rings. The van der Waals surface area contributed by atoms with Gasteiger partial charge in [-0.05, 0) is 43.2 Å². The van der Waals surface area contributed by atoms with Crippen LogP contribution in [-0.4, -0.2) is 44.5 Å². The van der Waals surface area contributed by atoms with Crippen molar-refractivity contribution in [2.24, 2.45) is 0 Å². The van der Waals surface area contributed by atoms with E-state index in [4.69, 9.17) is 4.74 Å². The van der Waals surface area contributed by atoms with Gasteiger partial charge in [0, 0.05) is 18.7 Å². The number of carbonyl (C=O) groups excluding carboxylic acids is 1. The molecule has 1 heterocycles. The molecule has 156 valence electrons. The average molecular weight is 428 g/mol. The number of nitrogens with zero attached hydrogens (tertiary/aromatic N) is 1. The van der Waals surface area contributed by atoms with Gasteiger partial charge in [0.15, 0.2) is 6.61 Å². The molecule has 0 aliphatic carbocycles. The van der Waals surface area contributed by atoms with Gasteiger partial charge in [0.2, 0.25) is 10.0 Å². The van der Waals surface area contributed by atoms with Crippen LogP contribution in [0, 0.1) is 0 Å². The van der Waals surface area contributed by atoms with Crippen molar-refractivity contribution in [3.05, 3.63) is 54.1 Å². The van der Waals surface area contributed by atoms with E-state index in [9.17, 15) is 26.4 Å². The Balaban J connectivity index is 1.93. The van der Waals surface area contributed by atoms with Crippen LogP contribution in [0.5, 0.6) is 5.75 Å². The first-order valence-corrected chi connectivity index (χ1v) is 10.3. The maximum Gasteiger partial charge on any atom is 0.422 e. The quantitative estimate of drug-likeness (QED) is 0.762. The molecule has 0 spiro atoms. The van der Waals surface area contributed by atoms with Gasteiger partial charge >= 0.3 is 6.18 Å². The largest absolute Gasteiger partial charge is 0.482 e. The number of anilines is 1. The van der Waals surface area contributed by atoms with E-state index in [1.165, 1.54) is 22.5 Å². The van der Waals surface area contributed by atoms with Gasteiger partial charge in [-0.2, -0.15) is 17.5 Å². The summed E-state index contributed by atoms with van der Waals surface area (Å²) in [6, 6.07) is 11.4. The number of ether oxygens (including phenoxy) is 1. The molecule has 10 heteroatoms. The number of amides is 1. The number of sulfonamides is 1. The van der Waals surface area contributed by atoms with E-state index in [2.05, 4.69) is 5.32 Å². The highest BCUT2D eigenvalue weighted by atomic mass is 32.2. The van der Waals surface area contributed by atoms with E-state index >= 15 is 0 Å². The van der Waals surface area contributed by atoms with Gasteiger partial charge in [-0.3, -0.25) is 4.79 Å². The van der Waals surface area contributed by atoms with Crippen molar-refractivity contribution in [3.8, 4) is 5.75 Å². The lowest BCUT2D eigenvalue weighted by molar-refractivity contribution is -0.153. The zero-order valence-electron chi connectivity index (χ0n) is 15.3. The van der Waals surface area contributed by atoms with Crippen LogP contribution in [0.1, 0.15) is 23.2 Å². The van der Waals surface area contributed by atoms with E-state index in [1.807, 2.05) is 0 Å². The molecular weight excluding hydrogens is 409 g/mol. The molecule has 1 N–H and O–H groups in total. The number of hydrogen-bond acceptors (Lipinski definition) is 4. The van der Waals surface area contributed by atoms with Crippen molar-refractivity contribution in [2.75, 3.05) is 25.0 Å². The van der Waals surface area contributed by atoms with Crippen molar-refractivity contribution >= 4 is 21.6 Å². The van der Waals surface area contributed by atoms with Crippen molar-refractivity contribution in [1.29, 1.82) is 0 Å². The van der Waals surface area contributed by atoms with Crippen molar-refractivity contribution in [2.45, 2.75) is 23.9 Å². The molecule has 29 heavy (non-hydrogen) atoms. The summed E-state index contributed by atoms with van der Waals surface area (Å²) >= 11 is 0. The highest BCUT2D eigenvalue weighted by Gasteiger charge is 2.31. The van der Waals surface area contributed by atoms with Crippen molar-refractivity contribution in [3.63, 3.8) is 0 Å². The molecular formula is C19H19F3N2O4S. The van der Waals surface area contributed by atoms with Gasteiger partial charge in [-0.1, -0.05) is 18.2 Å². The lowest BCUT2D eigenvalue weighted by Gasteiger charge is -2.18. The second kappa shape index (κ2) is 8.42. The van der Waals surface area contributed by atoms with Gasteiger partial charge in [0.25, 0.3) is 5.91 Å². The smallest absolute Gasteiger partial charge is 0.422 e. The summed E-state index contributed by atoms with van der Waals surface area (Å²) in [5, 5.41) is 2.45. The molecule has 1 saturated heterocycles. The Labute approximate surface area is 166 Å². The number of rotatable bonds is 6. The first-order chi connectivity index (χ1) is 13.7. The zero-order valence-corrected chi connectivity index (χ0v) is 16.1. The fourth-order valence-corrected chi connectivity index (χ4v) is 4.46. The topological polar surface area (TPSA) is 75.7 Å². The van der Waals surface area contributed by atoms with Gasteiger partial charge in [-0.25, -0.2) is 8.42 Å². The highest BCUT2D eigenvalue weighted by molar-refractivity contribution is 7.89. The number of hydrogen-bond donors (Lipinski definition) is 1. The molecule has 2 aromatic carbocycles. The SMILES string of the molecule is O=C(Nc1cc(S(=O)(=O)N2CCCC2)ccc1OCC(F)(F)F)c1ccccc1. The summed E-state index contributed by atoms with van der Waals surface area (Å²) < 4.78 is 69.3. The Hall–Kier alpha value is -2.59. The minimum atomic E-state index is -4.58. The van der Waals surface area contributed by atoms with Crippen LogP contribution in [0.15, 0.2) is 53.4 Å². The molecule has 3 rings (SSSR count). The van der Waals surface area contributed by atoms with Crippen LogP contribution in [-0.2, 0) is 10.0 Å². The first kappa shape index (κ1) is 21.1. The second-order valence-electron chi connectivity index (χ2n) is 6.49. The third-order valence-corrected chi connectivity index (χ3v) is 6.22. The van der Waals surface area contributed by atoms with Crippen LogP contribution < -0.4 is 10.1 Å². The fourth-order valence-electron chi connectivity index (χ4n) is 2.91. The summed E-state index contributed by atoms with van der Waals surface area (Å²) in [6.45, 7) is -0.819. The van der Waals surface area contributed by atoms with Gasteiger partial charge in [0.05, 0.1) is 10.6 Å². The highest BCUT2D eigenvalue weighted by Crippen LogP contribution is 2.32. The lowest BCUT2D eigenvalue weighted by Crippen LogP contribution is -2.28. The summed E-state index contributed by atoms with van der Waals surface area (Å²) in [6.07, 6.45) is -3.10. The van der Waals surface area contributed by atoms with Crippen molar-refractivity contribution in [1.82, 2.24) is 4.31 Å². The van der Waals surface area contributed by atoms with E-state index in [1.54, 1.807) is 18.2 Å². The molecule has 6 nitrogen and oxygen atoms in total. The van der Waals surface area contributed by atoms with Crippen LogP contribution in [0.3, 0.4) is 0 Å². The molecule has 0 radical (unpaired) electrons. The summed E-state index contributed by atoms with van der Waals surface area (Å²) in [4.78, 5) is 12.3. The minimum Gasteiger partial charge on any atom is -0.482 e. The summed E-state index contributed by atoms with van der Waals surface area (Å²) in [5.41, 5.74) is 0.116. The normalized spacial score (nSPS) is 15.3. The average Bonchev–Trinajstić information content (AvgIpc) is 3.22. The first-order valence-electron chi connectivity index (χ1n) is 8.87. The Morgan fingerprint density at radius 3 is 2.34 bits per heavy atom. The standard InChI is InChI=1S/C19H19F3N2O4S/c20-19(21,22)13-28-17-9-8-15(29(26,27)24-10-4-5-11-24)12-16(17)23-18(25)14-6-2-1-3-7-14/h1-3,6-9,12H,4-5,10-11,13H2,(H,23,25). The van der Waals surface area contributed by atoms with E-state index in [-0.39, 0.29) is 21.9 Å². The van der Waals surface area contributed by atoms with Gasteiger partial charge < -0.3 is 10.1 Å². The molecule has 0 bridgehead atoms. The summed E-state index contributed by atoms with van der Waals surface area (Å²) in [7, 11) is -3.82. The van der Waals surface area contributed by atoms with Crippen LogP contribution >= 0.6 is 0 Å². The van der Waals surface area contributed by atoms with E-state index in [0.717, 1.165) is 25.0 Å². The number of benzene rings is 2. The minimum absolute atomic E-state index is 0.123. The third-order valence-electron chi connectivity index (χ3n) is 4.33. The summed E-state index contributed by atoms with van der Waals surface area (Å²) in [5.74, 6) is -0.870. The molecule has 2 aromatic rings. The predicted molar refractivity (Wildman–Crippen MR) is 100 cm³/mol. The maximum absolute atomic E-state index is 12.8. The monoisotopic (exact) mass is 428 g/mol. The number of alkyl halides is 3. The maximum atomic E-state index is 12.8. The van der Waals surface area contributed by atoms with Crippen LogP contribution in [0.2, 0.25) is 0 Å². The molecule has 1 fully saturated rings. The molecule has 0 aromatic heterocycles. The van der Waals surface area contributed by atoms with Crippen molar-refractivity contribution < 1.29 is 31.1 Å². The fraction of sp³-hybridized carbons (Fsp3) is 0.316. The number of nitrogens with one attached hydrogen (secondary N) is 1. The molecule has 1 aliphatic heterocycles. The Bertz CT molecular complexity index is 973.